The van der Waals surface area contributed by atoms with Crippen molar-refractivity contribution in [3.63, 3.8) is 0 Å². The largest absolute Gasteiger partial charge is 0.483 e. The second-order valence-corrected chi connectivity index (χ2v) is 10.9. The molecular weight excluding hydrogens is 643 g/mol. The molecule has 7 heteroatoms. The third-order valence-corrected chi connectivity index (χ3v) is 5.83. The number of rotatable bonds is 9. The Morgan fingerprint density at radius 1 is 0.811 bits per heavy atom. The standard InChI is InChI=1S/C19H16N3O.C11H24O2.Ir/c1-12(2)7-14-9-17(22-11-21-14)13-8-16-15-5-3-4-6-18(15)23-19(16)20-10-13;1-8(2)5-10(12)7-11(13)6-9(3)4;/h3-6,8-9,11-12H,7H2,1-2H3;8-13H,5-7H2,1-4H3;/q-1;;. The maximum Gasteiger partial charge on any atom is 0.141 e. The third-order valence-electron chi connectivity index (χ3n) is 5.83. The monoisotopic (exact) mass is 683 g/mol. The van der Waals surface area contributed by atoms with E-state index in [1.165, 1.54) is 0 Å². The van der Waals surface area contributed by atoms with Gasteiger partial charge in [-0.2, -0.15) is 0 Å². The van der Waals surface area contributed by atoms with Gasteiger partial charge in [-0.3, -0.25) is 4.98 Å². The Labute approximate surface area is 234 Å². The number of benzene rings is 1. The van der Waals surface area contributed by atoms with Crippen LogP contribution < -0.4 is 0 Å². The molecule has 0 amide bonds. The van der Waals surface area contributed by atoms with E-state index in [0.29, 0.717) is 29.9 Å². The fourth-order valence-electron chi connectivity index (χ4n) is 4.36. The summed E-state index contributed by atoms with van der Waals surface area (Å²) in [6, 6.07) is 12.0. The summed E-state index contributed by atoms with van der Waals surface area (Å²) in [4.78, 5) is 13.1. The average Bonchev–Trinajstić information content (AvgIpc) is 3.16. The van der Waals surface area contributed by atoms with Gasteiger partial charge in [-0.1, -0.05) is 65.8 Å². The number of hydrogen-bond donors (Lipinski definition) is 2. The van der Waals surface area contributed by atoms with Crippen LogP contribution in [0.5, 0.6) is 0 Å². The number of pyridine rings is 1. The van der Waals surface area contributed by atoms with Gasteiger partial charge in [-0.15, -0.1) is 11.6 Å². The van der Waals surface area contributed by atoms with Gasteiger partial charge in [0.05, 0.1) is 12.2 Å². The minimum atomic E-state index is -0.339. The summed E-state index contributed by atoms with van der Waals surface area (Å²) in [5.74, 6) is 1.56. The zero-order chi connectivity index (χ0) is 26.2. The number of para-hydroxylation sites is 1. The molecule has 2 atom stereocenters. The topological polar surface area (TPSA) is 92.3 Å². The van der Waals surface area contributed by atoms with Crippen LogP contribution in [0.2, 0.25) is 0 Å². The molecule has 2 N–H and O–H groups in total. The van der Waals surface area contributed by atoms with E-state index in [4.69, 9.17) is 4.42 Å². The van der Waals surface area contributed by atoms with E-state index >= 15 is 0 Å². The number of fused-ring (bicyclic) bond motifs is 3. The second-order valence-electron chi connectivity index (χ2n) is 10.9. The molecule has 4 rings (SSSR count). The zero-order valence-corrected chi connectivity index (χ0v) is 25.1. The van der Waals surface area contributed by atoms with E-state index in [1.54, 1.807) is 6.33 Å². The van der Waals surface area contributed by atoms with Gasteiger partial charge in [0.1, 0.15) is 17.6 Å². The molecule has 1 radical (unpaired) electrons. The molecule has 0 aliphatic carbocycles. The number of hydrogen-bond acceptors (Lipinski definition) is 6. The van der Waals surface area contributed by atoms with Crippen molar-refractivity contribution in [1.82, 2.24) is 15.0 Å². The Balaban J connectivity index is 0.000000299. The molecule has 4 aromatic rings. The number of aliphatic hydroxyl groups is 2. The quantitative estimate of drug-likeness (QED) is 0.193. The first-order valence-corrected chi connectivity index (χ1v) is 13.0. The molecule has 0 aliphatic rings. The van der Waals surface area contributed by atoms with Crippen LogP contribution in [0.3, 0.4) is 0 Å². The predicted molar refractivity (Wildman–Crippen MR) is 145 cm³/mol. The van der Waals surface area contributed by atoms with Gasteiger partial charge < -0.3 is 19.6 Å². The Morgan fingerprint density at radius 2 is 1.46 bits per heavy atom. The van der Waals surface area contributed by atoms with Crippen molar-refractivity contribution in [2.75, 3.05) is 0 Å². The summed E-state index contributed by atoms with van der Waals surface area (Å²) in [5, 5.41) is 21.1. The normalized spacial score (nSPS) is 13.1. The van der Waals surface area contributed by atoms with Crippen LogP contribution in [0.1, 0.15) is 66.5 Å². The predicted octanol–water partition coefficient (Wildman–Crippen LogP) is 6.62. The van der Waals surface area contributed by atoms with Gasteiger partial charge in [-0.05, 0) is 66.8 Å². The first-order chi connectivity index (χ1) is 17.1. The summed E-state index contributed by atoms with van der Waals surface area (Å²) < 4.78 is 5.74. The number of furan rings is 1. The van der Waals surface area contributed by atoms with Crippen LogP contribution in [0.25, 0.3) is 33.3 Å². The maximum absolute atomic E-state index is 9.54. The molecule has 1 aromatic carbocycles. The first-order valence-electron chi connectivity index (χ1n) is 13.0. The molecule has 0 spiro atoms. The summed E-state index contributed by atoms with van der Waals surface area (Å²) in [6.07, 6.45) is 6.99. The van der Waals surface area contributed by atoms with Crippen molar-refractivity contribution in [2.24, 2.45) is 17.8 Å². The molecule has 37 heavy (non-hydrogen) atoms. The van der Waals surface area contributed by atoms with E-state index in [9.17, 15) is 10.2 Å². The number of aliphatic hydroxyl groups excluding tert-OH is 2. The van der Waals surface area contributed by atoms with E-state index in [0.717, 1.165) is 52.6 Å². The summed E-state index contributed by atoms with van der Waals surface area (Å²) >= 11 is 0. The smallest absolute Gasteiger partial charge is 0.141 e. The number of nitrogens with zero attached hydrogens (tertiary/aromatic N) is 3. The van der Waals surface area contributed by atoms with Crippen molar-refractivity contribution in [3.05, 3.63) is 54.6 Å². The van der Waals surface area contributed by atoms with Crippen LogP contribution in [-0.4, -0.2) is 37.4 Å². The van der Waals surface area contributed by atoms with Gasteiger partial charge >= 0.3 is 0 Å². The minimum absolute atomic E-state index is 0. The fraction of sp³-hybridized carbons (Fsp3) is 0.500. The Hall–Kier alpha value is -2.18. The minimum Gasteiger partial charge on any atom is -0.483 e. The summed E-state index contributed by atoms with van der Waals surface area (Å²) in [5.41, 5.74) is 4.18. The Morgan fingerprint density at radius 3 is 2.08 bits per heavy atom. The van der Waals surface area contributed by atoms with Gasteiger partial charge in [0.2, 0.25) is 0 Å². The maximum atomic E-state index is 9.54. The van der Waals surface area contributed by atoms with Crippen LogP contribution >= 0.6 is 0 Å². The Bertz CT molecular complexity index is 1230. The van der Waals surface area contributed by atoms with Crippen molar-refractivity contribution in [3.8, 4) is 11.3 Å². The number of aromatic nitrogens is 3. The average molecular weight is 683 g/mol. The first kappa shape index (κ1) is 31.0. The third kappa shape index (κ3) is 9.57. The van der Waals surface area contributed by atoms with E-state index < -0.39 is 0 Å². The van der Waals surface area contributed by atoms with Crippen LogP contribution in [0.4, 0.5) is 0 Å². The molecule has 6 nitrogen and oxygen atoms in total. The molecule has 2 unspecified atom stereocenters. The molecule has 0 fully saturated rings. The van der Waals surface area contributed by atoms with Crippen molar-refractivity contribution in [2.45, 2.75) is 79.4 Å². The molecule has 3 heterocycles. The Kier molecular flexibility index (Phi) is 12.3. The fourth-order valence-corrected chi connectivity index (χ4v) is 4.36. The molecule has 203 valence electrons. The van der Waals surface area contributed by atoms with E-state index in [2.05, 4.69) is 62.7 Å². The van der Waals surface area contributed by atoms with E-state index in [-0.39, 0.29) is 32.3 Å². The van der Waals surface area contributed by atoms with Crippen molar-refractivity contribution >= 4 is 22.1 Å². The molecule has 0 bridgehead atoms. The van der Waals surface area contributed by atoms with Gasteiger partial charge in [0.15, 0.2) is 0 Å². The van der Waals surface area contributed by atoms with Crippen molar-refractivity contribution in [1.29, 1.82) is 0 Å². The van der Waals surface area contributed by atoms with Crippen LogP contribution in [0.15, 0.2) is 47.1 Å². The summed E-state index contributed by atoms with van der Waals surface area (Å²) in [7, 11) is 0. The van der Waals surface area contributed by atoms with E-state index in [1.807, 2.05) is 36.4 Å². The van der Waals surface area contributed by atoms with Crippen LogP contribution in [-0.2, 0) is 26.5 Å². The molecule has 3 aromatic heterocycles. The SMILES string of the molecule is CC(C)CC(O)CC(O)CC(C)C.CC(C)Cc1cc(-c2[c-]nc3oc4ccccc4c3c2)ncn1.[Ir]. The zero-order valence-electron chi connectivity index (χ0n) is 22.7. The second kappa shape index (κ2) is 14.7. The molecule has 0 aliphatic heterocycles. The van der Waals surface area contributed by atoms with Gasteiger partial charge in [0, 0.05) is 31.2 Å². The molecule has 0 saturated carbocycles. The molecule has 0 saturated heterocycles. The van der Waals surface area contributed by atoms with Gasteiger partial charge in [0.25, 0.3) is 0 Å². The van der Waals surface area contributed by atoms with Crippen molar-refractivity contribution < 1.29 is 34.7 Å². The van der Waals surface area contributed by atoms with Gasteiger partial charge in [-0.25, -0.2) is 4.98 Å². The molecular formula is C30H40IrN3O3-. The van der Waals surface area contributed by atoms with Crippen LogP contribution in [0, 0.1) is 24.0 Å². The summed E-state index contributed by atoms with van der Waals surface area (Å²) in [6.45, 7) is 12.7.